The fourth-order valence-electron chi connectivity index (χ4n) is 6.10. The van der Waals surface area contributed by atoms with Gasteiger partial charge in [-0.25, -0.2) is 0 Å². The molecule has 1 aromatic heterocycles. The van der Waals surface area contributed by atoms with E-state index in [4.69, 9.17) is 0 Å². The van der Waals surface area contributed by atoms with Crippen LogP contribution >= 0.6 is 0 Å². The standard InChI is InChI=1S/C26H32F3N5O3/c1-23(2,3)19(32-22(37)26(27,28)29)21(36)34-12-16-17(24(16,4)5)18(34)20(35)33-25(13-30)9-6-7-14-8-10-31-11-15(14)25/h8,10-11,16-19H,6-7,9,12H2,1-5H3,(H,32,37)(H,33,35)/t16-,17-,18-,19?,25+/m0/s1. The molecule has 0 aromatic carbocycles. The lowest BCUT2D eigenvalue weighted by Crippen LogP contribution is -2.61. The SMILES string of the molecule is CC(C)(C)C(NC(=O)C(F)(F)F)C(=O)N1C[C@H]2[C@@H]([C@H]1C(=O)N[C@@]1(C#N)CCCc3ccncc31)C2(C)C. The fourth-order valence-corrected chi connectivity index (χ4v) is 6.10. The Morgan fingerprint density at radius 3 is 2.51 bits per heavy atom. The number of hydrogen-bond acceptors (Lipinski definition) is 5. The van der Waals surface area contributed by atoms with Crippen LogP contribution in [0.3, 0.4) is 0 Å². The topological polar surface area (TPSA) is 115 Å². The normalized spacial score (nSPS) is 28.8. The molecule has 2 aliphatic carbocycles. The smallest absolute Gasteiger partial charge is 0.336 e. The second-order valence-corrected chi connectivity index (χ2v) is 12.1. The molecule has 3 aliphatic rings. The lowest BCUT2D eigenvalue weighted by molar-refractivity contribution is -0.176. The Kier molecular flexibility index (Phi) is 6.33. The first-order chi connectivity index (χ1) is 17.0. The zero-order chi connectivity index (χ0) is 27.6. The van der Waals surface area contributed by atoms with E-state index < -0.39 is 46.9 Å². The Labute approximate surface area is 214 Å². The summed E-state index contributed by atoms with van der Waals surface area (Å²) in [6.07, 6.45) is -0.164. The highest BCUT2D eigenvalue weighted by molar-refractivity contribution is 5.95. The number of carbonyl (C=O) groups excluding carboxylic acids is 3. The van der Waals surface area contributed by atoms with Crippen LogP contribution in [0.4, 0.5) is 13.2 Å². The van der Waals surface area contributed by atoms with Crippen molar-refractivity contribution in [3.8, 4) is 6.07 Å². The van der Waals surface area contributed by atoms with Crippen LogP contribution in [-0.2, 0) is 26.3 Å². The summed E-state index contributed by atoms with van der Waals surface area (Å²) < 4.78 is 39.1. The predicted molar refractivity (Wildman–Crippen MR) is 126 cm³/mol. The number of nitriles is 1. The van der Waals surface area contributed by atoms with Crippen molar-refractivity contribution in [3.05, 3.63) is 29.6 Å². The minimum atomic E-state index is -5.16. The number of fused-ring (bicyclic) bond motifs is 2. The molecule has 37 heavy (non-hydrogen) atoms. The van der Waals surface area contributed by atoms with Crippen LogP contribution in [0.25, 0.3) is 0 Å². The van der Waals surface area contributed by atoms with Gasteiger partial charge in [0.2, 0.25) is 11.8 Å². The molecule has 1 saturated carbocycles. The maximum Gasteiger partial charge on any atom is 0.471 e. The van der Waals surface area contributed by atoms with E-state index in [0.29, 0.717) is 18.4 Å². The molecule has 5 atom stereocenters. The van der Waals surface area contributed by atoms with Crippen molar-refractivity contribution in [1.29, 1.82) is 5.26 Å². The minimum absolute atomic E-state index is 0.0236. The molecule has 4 rings (SSSR count). The third kappa shape index (κ3) is 4.55. The van der Waals surface area contributed by atoms with E-state index in [9.17, 15) is 32.8 Å². The summed E-state index contributed by atoms with van der Waals surface area (Å²) in [5.41, 5.74) is -1.10. The van der Waals surface area contributed by atoms with Gasteiger partial charge in [-0.3, -0.25) is 19.4 Å². The Hall–Kier alpha value is -3.16. The average molecular weight is 520 g/mol. The number of aromatic nitrogens is 1. The van der Waals surface area contributed by atoms with Crippen LogP contribution < -0.4 is 10.6 Å². The van der Waals surface area contributed by atoms with Crippen molar-refractivity contribution in [2.24, 2.45) is 22.7 Å². The summed E-state index contributed by atoms with van der Waals surface area (Å²) in [5, 5.41) is 14.9. The number of rotatable bonds is 4. The zero-order valence-corrected chi connectivity index (χ0v) is 21.6. The van der Waals surface area contributed by atoms with Gasteiger partial charge in [0.1, 0.15) is 12.1 Å². The summed E-state index contributed by atoms with van der Waals surface area (Å²) in [4.78, 5) is 44.7. The number of alkyl halides is 3. The summed E-state index contributed by atoms with van der Waals surface area (Å²) in [6.45, 7) is 8.81. The number of nitrogens with one attached hydrogen (secondary N) is 2. The monoisotopic (exact) mass is 519 g/mol. The Balaban J connectivity index is 1.65. The number of halogens is 3. The first-order valence-electron chi connectivity index (χ1n) is 12.4. The first kappa shape index (κ1) is 26.9. The van der Waals surface area contributed by atoms with Gasteiger partial charge in [0.15, 0.2) is 5.54 Å². The van der Waals surface area contributed by atoms with E-state index >= 15 is 0 Å². The van der Waals surface area contributed by atoms with Crippen molar-refractivity contribution in [2.75, 3.05) is 6.54 Å². The van der Waals surface area contributed by atoms with Crippen molar-refractivity contribution in [2.45, 2.75) is 77.7 Å². The number of nitrogens with zero attached hydrogens (tertiary/aromatic N) is 3. The number of pyridine rings is 1. The van der Waals surface area contributed by atoms with Crippen molar-refractivity contribution >= 4 is 17.7 Å². The van der Waals surface area contributed by atoms with E-state index in [2.05, 4.69) is 16.4 Å². The molecule has 1 unspecified atom stereocenters. The molecule has 8 nitrogen and oxygen atoms in total. The van der Waals surface area contributed by atoms with Gasteiger partial charge in [0.05, 0.1) is 6.07 Å². The second kappa shape index (κ2) is 8.71. The molecule has 200 valence electrons. The van der Waals surface area contributed by atoms with Gasteiger partial charge in [-0.1, -0.05) is 34.6 Å². The van der Waals surface area contributed by atoms with E-state index in [0.717, 1.165) is 12.0 Å². The Morgan fingerprint density at radius 2 is 1.92 bits per heavy atom. The van der Waals surface area contributed by atoms with E-state index in [-0.39, 0.29) is 23.8 Å². The maximum absolute atomic E-state index is 13.8. The van der Waals surface area contributed by atoms with Crippen LogP contribution in [0.2, 0.25) is 0 Å². The van der Waals surface area contributed by atoms with Gasteiger partial charge in [0.25, 0.3) is 0 Å². The quantitative estimate of drug-likeness (QED) is 0.635. The summed E-state index contributed by atoms with van der Waals surface area (Å²) in [7, 11) is 0. The van der Waals surface area contributed by atoms with Gasteiger partial charge in [-0.2, -0.15) is 18.4 Å². The summed E-state index contributed by atoms with van der Waals surface area (Å²) in [6, 6.07) is 1.59. The molecule has 1 saturated heterocycles. The highest BCUT2D eigenvalue weighted by Crippen LogP contribution is 2.65. The lowest BCUT2D eigenvalue weighted by atomic mass is 9.78. The molecule has 3 amide bonds. The van der Waals surface area contributed by atoms with Crippen molar-refractivity contribution in [1.82, 2.24) is 20.5 Å². The van der Waals surface area contributed by atoms with Crippen LogP contribution in [0.1, 0.15) is 58.6 Å². The number of carbonyl (C=O) groups is 3. The largest absolute Gasteiger partial charge is 0.471 e. The Morgan fingerprint density at radius 1 is 1.24 bits per heavy atom. The predicted octanol–water partition coefficient (Wildman–Crippen LogP) is 2.83. The van der Waals surface area contributed by atoms with Gasteiger partial charge in [0, 0.05) is 24.5 Å². The molecule has 0 bridgehead atoms. The van der Waals surface area contributed by atoms with Gasteiger partial charge in [-0.15, -0.1) is 0 Å². The fraction of sp³-hybridized carbons (Fsp3) is 0.654. The maximum atomic E-state index is 13.8. The molecule has 11 heteroatoms. The lowest BCUT2D eigenvalue weighted by Gasteiger charge is -2.39. The van der Waals surface area contributed by atoms with Crippen LogP contribution in [0, 0.1) is 34.0 Å². The second-order valence-electron chi connectivity index (χ2n) is 12.1. The molecule has 1 aromatic rings. The minimum Gasteiger partial charge on any atom is -0.336 e. The number of hydrogen-bond donors (Lipinski definition) is 2. The molecule has 2 fully saturated rings. The third-order valence-corrected chi connectivity index (χ3v) is 8.30. The van der Waals surface area contributed by atoms with Crippen molar-refractivity contribution in [3.63, 3.8) is 0 Å². The number of aryl methyl sites for hydroxylation is 1. The van der Waals surface area contributed by atoms with Crippen molar-refractivity contribution < 1.29 is 27.6 Å². The van der Waals surface area contributed by atoms with Gasteiger partial charge >= 0.3 is 12.1 Å². The number of likely N-dealkylation sites (tertiary alicyclic amines) is 1. The molecular weight excluding hydrogens is 487 g/mol. The van der Waals surface area contributed by atoms with Gasteiger partial charge < -0.3 is 15.5 Å². The molecular formula is C26H32F3N5O3. The Bertz CT molecular complexity index is 1170. The summed E-state index contributed by atoms with van der Waals surface area (Å²) >= 11 is 0. The number of amides is 3. The first-order valence-corrected chi connectivity index (χ1v) is 12.4. The van der Waals surface area contributed by atoms with Crippen LogP contribution in [0.5, 0.6) is 0 Å². The molecule has 0 spiro atoms. The number of piperidine rings is 1. The van der Waals surface area contributed by atoms with Crippen LogP contribution in [-0.4, -0.2) is 52.4 Å². The van der Waals surface area contributed by atoms with E-state index in [1.54, 1.807) is 33.2 Å². The highest BCUT2D eigenvalue weighted by atomic mass is 19.4. The van der Waals surface area contributed by atoms with E-state index in [1.807, 2.05) is 25.2 Å². The zero-order valence-electron chi connectivity index (χ0n) is 21.6. The van der Waals surface area contributed by atoms with E-state index in [1.165, 1.54) is 4.90 Å². The summed E-state index contributed by atoms with van der Waals surface area (Å²) in [5.74, 6) is -3.72. The molecule has 0 radical (unpaired) electrons. The third-order valence-electron chi connectivity index (χ3n) is 8.30. The van der Waals surface area contributed by atoms with Crippen LogP contribution in [0.15, 0.2) is 18.5 Å². The molecule has 2 N–H and O–H groups in total. The molecule has 2 heterocycles. The average Bonchev–Trinajstić information content (AvgIpc) is 3.14. The van der Waals surface area contributed by atoms with Gasteiger partial charge in [-0.05, 0) is 53.6 Å². The highest BCUT2D eigenvalue weighted by Gasteiger charge is 2.70. The molecule has 1 aliphatic heterocycles.